The lowest BCUT2D eigenvalue weighted by Gasteiger charge is -2.20. The molecule has 0 aromatic heterocycles. The van der Waals surface area contributed by atoms with Gasteiger partial charge in [0.1, 0.15) is 0 Å². The molecule has 0 fully saturated rings. The van der Waals surface area contributed by atoms with E-state index < -0.39 is 0 Å². The topological polar surface area (TPSA) is 0 Å². The van der Waals surface area contributed by atoms with Crippen LogP contribution in [0.25, 0.3) is 76.8 Å². The van der Waals surface area contributed by atoms with Crippen molar-refractivity contribution in [3.8, 4) is 44.5 Å². The van der Waals surface area contributed by atoms with Crippen LogP contribution in [-0.2, 0) is 0 Å². The van der Waals surface area contributed by atoms with Gasteiger partial charge in [0.05, 0.1) is 0 Å². The summed E-state index contributed by atoms with van der Waals surface area (Å²) in [6.45, 7) is 0. The highest BCUT2D eigenvalue weighted by Crippen LogP contribution is 2.47. The molecule has 42 heavy (non-hydrogen) atoms. The molecule has 0 heterocycles. The van der Waals surface area contributed by atoms with Crippen LogP contribution in [0.15, 0.2) is 170 Å². The number of benzene rings is 8. The highest BCUT2D eigenvalue weighted by molar-refractivity contribution is 6.24. The Kier molecular flexibility index (Phi) is 5.90. The Balaban J connectivity index is 1.53. The minimum Gasteiger partial charge on any atom is -0.0622 e. The quantitative estimate of drug-likeness (QED) is 0.198. The Morgan fingerprint density at radius 3 is 1.31 bits per heavy atom. The first-order chi connectivity index (χ1) is 20.9. The van der Waals surface area contributed by atoms with Crippen LogP contribution < -0.4 is 0 Å². The van der Waals surface area contributed by atoms with E-state index in [-0.39, 0.29) is 0 Å². The number of hydrogen-bond donors (Lipinski definition) is 0. The highest BCUT2D eigenvalue weighted by Gasteiger charge is 2.19. The van der Waals surface area contributed by atoms with E-state index >= 15 is 0 Å². The van der Waals surface area contributed by atoms with Gasteiger partial charge in [-0.25, -0.2) is 0 Å². The van der Waals surface area contributed by atoms with Gasteiger partial charge >= 0.3 is 0 Å². The first kappa shape index (κ1) is 24.3. The number of fused-ring (bicyclic) bond motifs is 3. The van der Waals surface area contributed by atoms with Crippen LogP contribution in [-0.4, -0.2) is 0 Å². The van der Waals surface area contributed by atoms with Gasteiger partial charge in [-0.3, -0.25) is 0 Å². The highest BCUT2D eigenvalue weighted by atomic mass is 14.2. The van der Waals surface area contributed by atoms with Crippen LogP contribution >= 0.6 is 0 Å². The fraction of sp³-hybridized carbons (Fsp3) is 0. The van der Waals surface area contributed by atoms with Crippen molar-refractivity contribution >= 4 is 32.3 Å². The largest absolute Gasteiger partial charge is 0.0622 e. The standard InChI is InChI=1S/C42H28/c1-4-14-29(15-5-1)32-24-25-39-40(28-32)42(37-23-13-12-22-36(37)41(39)31-18-8-3-9-19-31)38-27-26-33(30-16-6-2-7-17-30)34-20-10-11-21-35(34)38/h1-28H. The lowest BCUT2D eigenvalue weighted by Crippen LogP contribution is -1.93. The molecule has 0 aliphatic carbocycles. The SMILES string of the molecule is c1ccc(-c2ccc3c(-c4ccccc4)c4ccccc4c(-c4ccc(-c5ccccc5)c5ccccc45)c3c2)cc1. The summed E-state index contributed by atoms with van der Waals surface area (Å²) < 4.78 is 0. The third-order valence-corrected chi connectivity index (χ3v) is 8.47. The van der Waals surface area contributed by atoms with Crippen molar-refractivity contribution in [2.45, 2.75) is 0 Å². The van der Waals surface area contributed by atoms with Gasteiger partial charge in [0.25, 0.3) is 0 Å². The summed E-state index contributed by atoms with van der Waals surface area (Å²) in [6.07, 6.45) is 0. The van der Waals surface area contributed by atoms with Crippen LogP contribution in [0.4, 0.5) is 0 Å². The van der Waals surface area contributed by atoms with Crippen molar-refractivity contribution in [2.24, 2.45) is 0 Å². The Labute approximate surface area is 246 Å². The molecule has 196 valence electrons. The zero-order chi connectivity index (χ0) is 27.9. The fourth-order valence-electron chi connectivity index (χ4n) is 6.58. The second-order valence-electron chi connectivity index (χ2n) is 10.9. The molecule has 0 heteroatoms. The zero-order valence-corrected chi connectivity index (χ0v) is 23.2. The summed E-state index contributed by atoms with van der Waals surface area (Å²) in [5, 5.41) is 7.62. The Bertz CT molecular complexity index is 2210. The van der Waals surface area contributed by atoms with E-state index in [1.54, 1.807) is 0 Å². The third kappa shape index (κ3) is 4.00. The van der Waals surface area contributed by atoms with Gasteiger partial charge in [-0.15, -0.1) is 0 Å². The second-order valence-corrected chi connectivity index (χ2v) is 10.9. The summed E-state index contributed by atoms with van der Waals surface area (Å²) in [6, 6.07) is 61.7. The molecule has 0 unspecified atom stereocenters. The smallest absolute Gasteiger partial charge is 0.00199 e. The lowest BCUT2D eigenvalue weighted by molar-refractivity contribution is 1.63. The van der Waals surface area contributed by atoms with Crippen molar-refractivity contribution in [2.75, 3.05) is 0 Å². The normalized spacial score (nSPS) is 11.3. The van der Waals surface area contributed by atoms with Crippen LogP contribution in [0.5, 0.6) is 0 Å². The molecule has 0 spiro atoms. The maximum Gasteiger partial charge on any atom is -0.00199 e. The van der Waals surface area contributed by atoms with Crippen molar-refractivity contribution in [1.29, 1.82) is 0 Å². The van der Waals surface area contributed by atoms with Crippen molar-refractivity contribution in [1.82, 2.24) is 0 Å². The first-order valence-electron chi connectivity index (χ1n) is 14.5. The molecule has 0 N–H and O–H groups in total. The van der Waals surface area contributed by atoms with Gasteiger partial charge in [-0.2, -0.15) is 0 Å². The Morgan fingerprint density at radius 1 is 0.214 bits per heavy atom. The predicted octanol–water partition coefficient (Wildman–Crippen LogP) is 11.8. The van der Waals surface area contributed by atoms with E-state index in [4.69, 9.17) is 0 Å². The molecule has 0 amide bonds. The summed E-state index contributed by atoms with van der Waals surface area (Å²) in [4.78, 5) is 0. The van der Waals surface area contributed by atoms with Gasteiger partial charge in [0.2, 0.25) is 0 Å². The molecule has 0 radical (unpaired) electrons. The molecule has 8 rings (SSSR count). The third-order valence-electron chi connectivity index (χ3n) is 8.47. The van der Waals surface area contributed by atoms with Crippen molar-refractivity contribution < 1.29 is 0 Å². The second kappa shape index (κ2) is 10.2. The number of rotatable bonds is 4. The van der Waals surface area contributed by atoms with E-state index in [0.29, 0.717) is 0 Å². The molecular formula is C42H28. The number of hydrogen-bond acceptors (Lipinski definition) is 0. The van der Waals surface area contributed by atoms with Gasteiger partial charge in [0.15, 0.2) is 0 Å². The molecule has 0 saturated carbocycles. The minimum atomic E-state index is 1.23. The molecule has 0 aliphatic heterocycles. The molecule has 0 nitrogen and oxygen atoms in total. The molecule has 0 atom stereocenters. The van der Waals surface area contributed by atoms with Gasteiger partial charge < -0.3 is 0 Å². The summed E-state index contributed by atoms with van der Waals surface area (Å²) >= 11 is 0. The summed E-state index contributed by atoms with van der Waals surface area (Å²) in [5.74, 6) is 0. The molecule has 8 aromatic rings. The average molecular weight is 533 g/mol. The Hall–Kier alpha value is -5.46. The molecular weight excluding hydrogens is 504 g/mol. The van der Waals surface area contributed by atoms with Crippen LogP contribution in [0.1, 0.15) is 0 Å². The molecule has 0 aliphatic rings. The van der Waals surface area contributed by atoms with E-state index in [1.807, 2.05) is 0 Å². The van der Waals surface area contributed by atoms with Crippen LogP contribution in [0, 0.1) is 0 Å². The van der Waals surface area contributed by atoms with Crippen molar-refractivity contribution in [3.05, 3.63) is 170 Å². The first-order valence-corrected chi connectivity index (χ1v) is 14.5. The molecule has 0 bridgehead atoms. The predicted molar refractivity (Wildman–Crippen MR) is 181 cm³/mol. The van der Waals surface area contributed by atoms with E-state index in [2.05, 4.69) is 170 Å². The maximum atomic E-state index is 2.40. The average Bonchev–Trinajstić information content (AvgIpc) is 3.08. The van der Waals surface area contributed by atoms with Gasteiger partial charge in [-0.1, -0.05) is 164 Å². The van der Waals surface area contributed by atoms with E-state index in [9.17, 15) is 0 Å². The fourth-order valence-corrected chi connectivity index (χ4v) is 6.58. The summed E-state index contributed by atoms with van der Waals surface area (Å²) in [7, 11) is 0. The van der Waals surface area contributed by atoms with E-state index in [1.165, 1.54) is 76.8 Å². The van der Waals surface area contributed by atoms with Gasteiger partial charge in [0, 0.05) is 0 Å². The van der Waals surface area contributed by atoms with Gasteiger partial charge in [-0.05, 0) is 82.9 Å². The molecule has 8 aromatic carbocycles. The molecule has 0 saturated heterocycles. The monoisotopic (exact) mass is 532 g/mol. The minimum absolute atomic E-state index is 1.23. The van der Waals surface area contributed by atoms with Crippen LogP contribution in [0.2, 0.25) is 0 Å². The zero-order valence-electron chi connectivity index (χ0n) is 23.2. The Morgan fingerprint density at radius 2 is 0.667 bits per heavy atom. The van der Waals surface area contributed by atoms with E-state index in [0.717, 1.165) is 0 Å². The maximum absolute atomic E-state index is 2.40. The van der Waals surface area contributed by atoms with Crippen molar-refractivity contribution in [3.63, 3.8) is 0 Å². The summed E-state index contributed by atoms with van der Waals surface area (Å²) in [5.41, 5.74) is 10.0. The lowest BCUT2D eigenvalue weighted by atomic mass is 9.83. The van der Waals surface area contributed by atoms with Crippen LogP contribution in [0.3, 0.4) is 0 Å².